The number of hydrogen-bond donors (Lipinski definition) is 0. The van der Waals surface area contributed by atoms with Gasteiger partial charge in [0.1, 0.15) is 12.4 Å². The van der Waals surface area contributed by atoms with Crippen molar-refractivity contribution in [1.29, 1.82) is 0 Å². The molecule has 2 aromatic carbocycles. The van der Waals surface area contributed by atoms with Crippen LogP contribution in [0.15, 0.2) is 77.4 Å². The van der Waals surface area contributed by atoms with Gasteiger partial charge in [-0.3, -0.25) is 4.79 Å². The maximum Gasteiger partial charge on any atom is 0.374 e. The van der Waals surface area contributed by atoms with E-state index in [1.54, 1.807) is 11.0 Å². The van der Waals surface area contributed by atoms with Crippen molar-refractivity contribution in [2.24, 2.45) is 0 Å². The van der Waals surface area contributed by atoms with Gasteiger partial charge in [-0.2, -0.15) is 0 Å². The summed E-state index contributed by atoms with van der Waals surface area (Å²) < 4.78 is 15.8. The van der Waals surface area contributed by atoms with Crippen LogP contribution < -0.4 is 4.74 Å². The van der Waals surface area contributed by atoms with Crippen LogP contribution in [0.3, 0.4) is 0 Å². The van der Waals surface area contributed by atoms with Crippen LogP contribution in [0.25, 0.3) is 0 Å². The summed E-state index contributed by atoms with van der Waals surface area (Å²) in [5, 5.41) is 0. The van der Waals surface area contributed by atoms with Gasteiger partial charge in [-0.05, 0) is 42.3 Å². The highest BCUT2D eigenvalue weighted by molar-refractivity contribution is 5.88. The Kier molecular flexibility index (Phi) is 7.05. The van der Waals surface area contributed by atoms with Crippen LogP contribution in [0.2, 0.25) is 0 Å². The van der Waals surface area contributed by atoms with Gasteiger partial charge < -0.3 is 18.8 Å². The van der Waals surface area contributed by atoms with Crippen LogP contribution in [-0.2, 0) is 22.7 Å². The summed E-state index contributed by atoms with van der Waals surface area (Å²) in [6.45, 7) is 2.98. The number of amides is 1. The minimum absolute atomic E-state index is 0.0759. The Morgan fingerprint density at radius 3 is 2.34 bits per heavy atom. The van der Waals surface area contributed by atoms with Crippen LogP contribution in [-0.4, -0.2) is 29.9 Å². The lowest BCUT2D eigenvalue weighted by Crippen LogP contribution is -2.34. The molecule has 1 aromatic heterocycles. The maximum absolute atomic E-state index is 12.4. The van der Waals surface area contributed by atoms with Crippen molar-refractivity contribution in [2.45, 2.75) is 20.1 Å². The number of likely N-dealkylation sites (N-methyl/N-ethyl adjacent to an activating group) is 1. The quantitative estimate of drug-likeness (QED) is 0.513. The van der Waals surface area contributed by atoms with E-state index in [0.717, 1.165) is 16.9 Å². The van der Waals surface area contributed by atoms with E-state index in [0.29, 0.717) is 19.7 Å². The molecule has 0 aliphatic rings. The summed E-state index contributed by atoms with van der Waals surface area (Å²) >= 11 is 0. The number of esters is 1. The number of hydrogen-bond acceptors (Lipinski definition) is 5. The largest absolute Gasteiger partial charge is 0.489 e. The standard InChI is InChI=1S/C23H23NO5/c1-2-24(22(25)17-29-23(26)21-9-6-14-27-21)15-18-10-12-20(13-11-18)28-16-19-7-4-3-5-8-19/h3-14H,2,15-17H2,1H3. The highest BCUT2D eigenvalue weighted by atomic mass is 16.5. The molecule has 3 aromatic rings. The summed E-state index contributed by atoms with van der Waals surface area (Å²) in [7, 11) is 0. The minimum Gasteiger partial charge on any atom is -0.489 e. The van der Waals surface area contributed by atoms with Crippen molar-refractivity contribution in [1.82, 2.24) is 4.90 Å². The van der Waals surface area contributed by atoms with E-state index in [1.807, 2.05) is 61.5 Å². The van der Waals surface area contributed by atoms with Crippen molar-refractivity contribution >= 4 is 11.9 Å². The molecule has 0 unspecified atom stereocenters. The number of furan rings is 1. The molecular formula is C23H23NO5. The normalized spacial score (nSPS) is 10.4. The summed E-state index contributed by atoms with van der Waals surface area (Å²) in [6, 6.07) is 20.6. The molecule has 0 saturated heterocycles. The number of carbonyl (C=O) groups is 2. The summed E-state index contributed by atoms with van der Waals surface area (Å²) in [4.78, 5) is 25.8. The summed E-state index contributed by atoms with van der Waals surface area (Å²) in [5.41, 5.74) is 2.06. The second kappa shape index (κ2) is 10.1. The van der Waals surface area contributed by atoms with Gasteiger partial charge in [-0.25, -0.2) is 4.79 Å². The second-order valence-corrected chi connectivity index (χ2v) is 6.38. The third kappa shape index (κ3) is 5.97. The van der Waals surface area contributed by atoms with E-state index < -0.39 is 5.97 Å². The molecular weight excluding hydrogens is 370 g/mol. The van der Waals surface area contributed by atoms with Gasteiger partial charge in [0, 0.05) is 13.1 Å². The number of benzene rings is 2. The highest BCUT2D eigenvalue weighted by Gasteiger charge is 2.17. The fraction of sp³-hybridized carbons (Fsp3) is 0.217. The van der Waals surface area contributed by atoms with Gasteiger partial charge in [0.05, 0.1) is 6.26 Å². The van der Waals surface area contributed by atoms with Crippen molar-refractivity contribution in [3.8, 4) is 5.75 Å². The number of ether oxygens (including phenoxy) is 2. The average molecular weight is 393 g/mol. The lowest BCUT2D eigenvalue weighted by Gasteiger charge is -2.21. The molecule has 0 bridgehead atoms. The Morgan fingerprint density at radius 1 is 0.931 bits per heavy atom. The van der Waals surface area contributed by atoms with Crippen molar-refractivity contribution < 1.29 is 23.5 Å². The maximum atomic E-state index is 12.4. The SMILES string of the molecule is CCN(Cc1ccc(OCc2ccccc2)cc1)C(=O)COC(=O)c1ccco1. The van der Waals surface area contributed by atoms with Gasteiger partial charge in [-0.15, -0.1) is 0 Å². The Bertz CT molecular complexity index is 904. The molecule has 0 aliphatic carbocycles. The topological polar surface area (TPSA) is 69.0 Å². The lowest BCUT2D eigenvalue weighted by molar-refractivity contribution is -0.135. The van der Waals surface area contributed by atoms with Crippen molar-refractivity contribution in [3.63, 3.8) is 0 Å². The fourth-order valence-electron chi connectivity index (χ4n) is 2.71. The van der Waals surface area contributed by atoms with Crippen LogP contribution in [0.1, 0.15) is 28.6 Å². The Morgan fingerprint density at radius 2 is 1.69 bits per heavy atom. The van der Waals surface area contributed by atoms with Gasteiger partial charge >= 0.3 is 5.97 Å². The molecule has 0 spiro atoms. The number of rotatable bonds is 9. The molecule has 0 N–H and O–H groups in total. The second-order valence-electron chi connectivity index (χ2n) is 6.38. The molecule has 0 saturated carbocycles. The molecule has 0 aliphatic heterocycles. The van der Waals surface area contributed by atoms with Crippen LogP contribution in [0.5, 0.6) is 5.75 Å². The van der Waals surface area contributed by atoms with E-state index >= 15 is 0 Å². The zero-order valence-corrected chi connectivity index (χ0v) is 16.2. The minimum atomic E-state index is -0.653. The Hall–Kier alpha value is -3.54. The summed E-state index contributed by atoms with van der Waals surface area (Å²) in [5.74, 6) is -0.0811. The number of nitrogens with zero attached hydrogens (tertiary/aromatic N) is 1. The first-order valence-electron chi connectivity index (χ1n) is 9.39. The molecule has 29 heavy (non-hydrogen) atoms. The first-order chi connectivity index (χ1) is 14.2. The van der Waals surface area contributed by atoms with Gasteiger partial charge in [-0.1, -0.05) is 42.5 Å². The molecule has 3 rings (SSSR count). The third-order valence-electron chi connectivity index (χ3n) is 4.33. The zero-order chi connectivity index (χ0) is 20.5. The molecule has 0 fully saturated rings. The van der Waals surface area contributed by atoms with Crippen LogP contribution >= 0.6 is 0 Å². The molecule has 6 heteroatoms. The Labute approximate surface area is 169 Å². The molecule has 0 radical (unpaired) electrons. The van der Waals surface area contributed by atoms with Crippen LogP contribution in [0.4, 0.5) is 0 Å². The van der Waals surface area contributed by atoms with Crippen molar-refractivity contribution in [2.75, 3.05) is 13.2 Å². The van der Waals surface area contributed by atoms with Gasteiger partial charge in [0.2, 0.25) is 5.76 Å². The smallest absolute Gasteiger partial charge is 0.374 e. The van der Waals surface area contributed by atoms with E-state index in [-0.39, 0.29) is 18.3 Å². The highest BCUT2D eigenvalue weighted by Crippen LogP contribution is 2.16. The Balaban J connectivity index is 1.49. The summed E-state index contributed by atoms with van der Waals surface area (Å²) in [6.07, 6.45) is 1.38. The first-order valence-corrected chi connectivity index (χ1v) is 9.39. The molecule has 1 amide bonds. The average Bonchev–Trinajstić information content (AvgIpc) is 3.31. The molecule has 0 atom stereocenters. The van der Waals surface area contributed by atoms with E-state index in [1.165, 1.54) is 12.3 Å². The predicted molar refractivity (Wildman–Crippen MR) is 107 cm³/mol. The number of carbonyl (C=O) groups excluding carboxylic acids is 2. The van der Waals surface area contributed by atoms with E-state index in [2.05, 4.69) is 0 Å². The van der Waals surface area contributed by atoms with Gasteiger partial charge in [0.15, 0.2) is 6.61 Å². The zero-order valence-electron chi connectivity index (χ0n) is 16.2. The third-order valence-corrected chi connectivity index (χ3v) is 4.33. The fourth-order valence-corrected chi connectivity index (χ4v) is 2.71. The van der Waals surface area contributed by atoms with Gasteiger partial charge in [0.25, 0.3) is 5.91 Å². The van der Waals surface area contributed by atoms with E-state index in [4.69, 9.17) is 13.9 Å². The predicted octanol–water partition coefficient (Wildman–Crippen LogP) is 4.06. The molecule has 150 valence electrons. The monoisotopic (exact) mass is 393 g/mol. The lowest BCUT2D eigenvalue weighted by atomic mass is 10.2. The molecule has 1 heterocycles. The van der Waals surface area contributed by atoms with Crippen LogP contribution in [0, 0.1) is 0 Å². The van der Waals surface area contributed by atoms with Crippen molar-refractivity contribution in [3.05, 3.63) is 89.9 Å². The first kappa shape index (κ1) is 20.2. The van der Waals surface area contributed by atoms with E-state index in [9.17, 15) is 9.59 Å². The molecule has 6 nitrogen and oxygen atoms in total.